The molecule has 12 nitrogen and oxygen atoms in total. The molecule has 0 spiro atoms. The second-order valence-corrected chi connectivity index (χ2v) is 9.60. The molecule has 10 atom stereocenters. The maximum absolute atomic E-state index is 12.3. The number of hydrogen-bond donors (Lipinski definition) is 6. The molecule has 3 fully saturated rings. The highest BCUT2D eigenvalue weighted by Gasteiger charge is 2.92. The number of rotatable bonds is 8. The molecule has 4 rings (SSSR count). The molecule has 6 N–H and O–H groups in total. The summed E-state index contributed by atoms with van der Waals surface area (Å²) in [5.41, 5.74) is -2.26. The smallest absolute Gasteiger partial charge is 0.335 e. The van der Waals surface area contributed by atoms with Gasteiger partial charge in [0.1, 0.15) is 36.6 Å². The monoisotopic (exact) mass is 500 g/mol. The molecule has 35 heavy (non-hydrogen) atoms. The van der Waals surface area contributed by atoms with E-state index in [-0.39, 0.29) is 6.61 Å². The molecular formula is C23H32O12. The van der Waals surface area contributed by atoms with Crippen molar-refractivity contribution in [3.8, 4) is 0 Å². The van der Waals surface area contributed by atoms with E-state index in [1.165, 1.54) is 7.11 Å². The molecule has 0 radical (unpaired) electrons. The van der Waals surface area contributed by atoms with Crippen molar-refractivity contribution in [1.29, 1.82) is 0 Å². The van der Waals surface area contributed by atoms with E-state index in [0.29, 0.717) is 0 Å². The molecule has 0 unspecified atom stereocenters. The Morgan fingerprint density at radius 1 is 1.09 bits per heavy atom. The average Bonchev–Trinajstić information content (AvgIpc) is 3.24. The first-order valence-electron chi connectivity index (χ1n) is 11.3. The summed E-state index contributed by atoms with van der Waals surface area (Å²) in [6, 6.07) is 8.97. The van der Waals surface area contributed by atoms with Gasteiger partial charge in [0.25, 0.3) is 0 Å². The largest absolute Gasteiger partial charge is 0.479 e. The lowest BCUT2D eigenvalue weighted by Crippen LogP contribution is -2.65. The summed E-state index contributed by atoms with van der Waals surface area (Å²) in [5, 5.41) is 61.8. The summed E-state index contributed by atoms with van der Waals surface area (Å²) >= 11 is 0. The normalized spacial score (nSPS) is 44.5. The van der Waals surface area contributed by atoms with E-state index in [9.17, 15) is 35.4 Å². The zero-order chi connectivity index (χ0) is 25.8. The van der Waals surface area contributed by atoms with Gasteiger partial charge in [-0.25, -0.2) is 4.79 Å². The van der Waals surface area contributed by atoms with Crippen LogP contribution in [-0.4, -0.2) is 111 Å². The number of fused-ring (bicyclic) bond motifs is 1. The first-order valence-corrected chi connectivity index (χ1v) is 11.3. The van der Waals surface area contributed by atoms with Crippen LogP contribution in [0.5, 0.6) is 0 Å². The number of aliphatic hydroxyl groups is 5. The van der Waals surface area contributed by atoms with E-state index in [1.54, 1.807) is 38.1 Å². The van der Waals surface area contributed by atoms with Crippen LogP contribution >= 0.6 is 0 Å². The maximum Gasteiger partial charge on any atom is 0.335 e. The first kappa shape index (κ1) is 26.4. The van der Waals surface area contributed by atoms with Gasteiger partial charge in [0.15, 0.2) is 18.0 Å². The Balaban J connectivity index is 1.69. The fraction of sp³-hybridized carbons (Fsp3) is 0.696. The molecule has 12 heteroatoms. The van der Waals surface area contributed by atoms with E-state index in [1.807, 2.05) is 6.07 Å². The van der Waals surface area contributed by atoms with Gasteiger partial charge in [0.2, 0.25) is 5.79 Å². The molecular weight excluding hydrogens is 468 g/mol. The minimum atomic E-state index is -1.87. The molecule has 1 saturated carbocycles. The summed E-state index contributed by atoms with van der Waals surface area (Å²) in [4.78, 5) is 12.3. The van der Waals surface area contributed by atoms with Crippen molar-refractivity contribution in [2.75, 3.05) is 13.7 Å². The van der Waals surface area contributed by atoms with E-state index in [0.717, 1.165) is 5.56 Å². The summed E-state index contributed by atoms with van der Waals surface area (Å²) in [6.07, 6.45) is -12.8. The van der Waals surface area contributed by atoms with Gasteiger partial charge in [-0.1, -0.05) is 44.2 Å². The summed E-state index contributed by atoms with van der Waals surface area (Å²) in [5.74, 6) is -3.17. The second kappa shape index (κ2) is 9.30. The standard InChI is InChI=1S/C23H32O12/c1-21(2)22(30)18(32-10-11-7-5-4-6-8-11)16(17(19(28)29)35-23(21,22)31-3)34-20-15(27)14(26)13(25)12(9-24)33-20/h4-8,12-18,20,24-27,30H,9-10H2,1-3H3,(H,28,29)/t12-,13-,14+,15-,16-,17-,18+,20+,22+,23+/m1/s1. The second-order valence-electron chi connectivity index (χ2n) is 9.60. The third-order valence-electron chi connectivity index (χ3n) is 7.46. The van der Waals surface area contributed by atoms with Gasteiger partial charge in [-0.15, -0.1) is 0 Å². The Labute approximate surface area is 201 Å². The predicted octanol–water partition coefficient (Wildman–Crippen LogP) is -1.65. The van der Waals surface area contributed by atoms with E-state index >= 15 is 0 Å². The molecule has 0 aromatic heterocycles. The van der Waals surface area contributed by atoms with Crippen molar-refractivity contribution in [3.05, 3.63) is 35.9 Å². The van der Waals surface area contributed by atoms with Gasteiger partial charge in [-0.2, -0.15) is 0 Å². The fourth-order valence-electron chi connectivity index (χ4n) is 5.33. The number of methoxy groups -OCH3 is 1. The van der Waals surface area contributed by atoms with Crippen LogP contribution in [0.2, 0.25) is 0 Å². The topological polar surface area (TPSA) is 185 Å². The molecule has 1 aliphatic carbocycles. The van der Waals surface area contributed by atoms with Crippen LogP contribution in [0.3, 0.4) is 0 Å². The highest BCUT2D eigenvalue weighted by atomic mass is 16.8. The van der Waals surface area contributed by atoms with Crippen molar-refractivity contribution in [3.63, 3.8) is 0 Å². The minimum absolute atomic E-state index is 0.0232. The van der Waals surface area contributed by atoms with Crippen LogP contribution in [-0.2, 0) is 35.1 Å². The molecule has 2 aliphatic heterocycles. The van der Waals surface area contributed by atoms with Crippen molar-refractivity contribution in [1.82, 2.24) is 0 Å². The van der Waals surface area contributed by atoms with Crippen LogP contribution in [0.25, 0.3) is 0 Å². The number of aliphatic hydroxyl groups excluding tert-OH is 4. The number of ether oxygens (including phenoxy) is 5. The van der Waals surface area contributed by atoms with Crippen molar-refractivity contribution in [2.24, 2.45) is 5.41 Å². The van der Waals surface area contributed by atoms with Crippen molar-refractivity contribution < 1.29 is 59.1 Å². The Hall–Kier alpha value is -1.71. The van der Waals surface area contributed by atoms with Gasteiger partial charge < -0.3 is 54.3 Å². The van der Waals surface area contributed by atoms with Crippen molar-refractivity contribution >= 4 is 5.97 Å². The molecule has 0 bridgehead atoms. The van der Waals surface area contributed by atoms with E-state index < -0.39 is 78.4 Å². The van der Waals surface area contributed by atoms with Gasteiger partial charge in [0, 0.05) is 7.11 Å². The number of hydrogen-bond acceptors (Lipinski definition) is 11. The predicted molar refractivity (Wildman–Crippen MR) is 115 cm³/mol. The third-order valence-corrected chi connectivity index (χ3v) is 7.46. The molecule has 1 aromatic carbocycles. The SMILES string of the molecule is CO[C@@]12O[C@@H](C(=O)O)[C@@H](O[C@@H]3O[C@H](CO)[C@@H](O)[C@H](O)[C@H]3O)[C@H](OCc3ccccc3)[C@]1(O)C2(C)C. The number of carboxylic acid groups (broad SMARTS) is 1. The summed E-state index contributed by atoms with van der Waals surface area (Å²) in [6.45, 7) is 2.53. The molecule has 196 valence electrons. The van der Waals surface area contributed by atoms with Crippen LogP contribution in [0.4, 0.5) is 0 Å². The van der Waals surface area contributed by atoms with Crippen molar-refractivity contribution in [2.45, 2.75) is 80.9 Å². The van der Waals surface area contributed by atoms with Gasteiger partial charge in [-0.3, -0.25) is 0 Å². The van der Waals surface area contributed by atoms with Gasteiger partial charge in [0.05, 0.1) is 18.6 Å². The zero-order valence-electron chi connectivity index (χ0n) is 19.6. The van der Waals surface area contributed by atoms with E-state index in [4.69, 9.17) is 23.7 Å². The number of benzene rings is 1. The lowest BCUT2D eigenvalue weighted by Gasteiger charge is -2.45. The quantitative estimate of drug-likeness (QED) is 0.239. The minimum Gasteiger partial charge on any atom is -0.479 e. The lowest BCUT2D eigenvalue weighted by atomic mass is 9.93. The van der Waals surface area contributed by atoms with E-state index in [2.05, 4.69) is 0 Å². The van der Waals surface area contributed by atoms with Crippen LogP contribution in [0.1, 0.15) is 19.4 Å². The maximum atomic E-state index is 12.3. The molecule has 1 aromatic rings. The Bertz CT molecular complexity index is 909. The number of carboxylic acids is 1. The van der Waals surface area contributed by atoms with Crippen LogP contribution < -0.4 is 0 Å². The Morgan fingerprint density at radius 3 is 2.31 bits per heavy atom. The molecule has 3 aliphatic rings. The average molecular weight is 500 g/mol. The highest BCUT2D eigenvalue weighted by Crippen LogP contribution is 2.72. The van der Waals surface area contributed by atoms with Crippen LogP contribution in [0.15, 0.2) is 30.3 Å². The summed E-state index contributed by atoms with van der Waals surface area (Å²) < 4.78 is 28.6. The fourth-order valence-corrected chi connectivity index (χ4v) is 5.33. The highest BCUT2D eigenvalue weighted by molar-refractivity contribution is 5.74. The number of carbonyl (C=O) groups is 1. The Morgan fingerprint density at radius 2 is 1.74 bits per heavy atom. The third kappa shape index (κ3) is 3.80. The van der Waals surface area contributed by atoms with Gasteiger partial charge >= 0.3 is 5.97 Å². The van der Waals surface area contributed by atoms with Crippen LogP contribution in [0, 0.1) is 5.41 Å². The van der Waals surface area contributed by atoms with Gasteiger partial charge in [-0.05, 0) is 5.56 Å². The summed E-state index contributed by atoms with van der Waals surface area (Å²) in [7, 11) is 1.28. The molecule has 0 amide bonds. The molecule has 2 saturated heterocycles. The Kier molecular flexibility index (Phi) is 7.01. The number of aliphatic carboxylic acids is 1. The first-order chi connectivity index (χ1) is 16.5. The lowest BCUT2D eigenvalue weighted by molar-refractivity contribution is -0.357. The molecule has 2 heterocycles. The zero-order valence-corrected chi connectivity index (χ0v) is 19.6.